The van der Waals surface area contributed by atoms with E-state index >= 15 is 0 Å². The minimum Gasteiger partial charge on any atom is -0.496 e. The highest BCUT2D eigenvalue weighted by Crippen LogP contribution is 2.35. The van der Waals surface area contributed by atoms with Crippen molar-refractivity contribution in [3.63, 3.8) is 0 Å². The molecule has 0 saturated carbocycles. The molecule has 0 aliphatic heterocycles. The van der Waals surface area contributed by atoms with Crippen LogP contribution in [0.4, 0.5) is 0 Å². The van der Waals surface area contributed by atoms with Crippen LogP contribution in [0.2, 0.25) is 0 Å². The summed E-state index contributed by atoms with van der Waals surface area (Å²) in [6.45, 7) is 0. The second-order valence-corrected chi connectivity index (χ2v) is 6.40. The Morgan fingerprint density at radius 3 is 2.41 bits per heavy atom. The average molecular weight is 378 g/mol. The maximum Gasteiger partial charge on any atom is 0.133 e. The van der Waals surface area contributed by atoms with Crippen molar-refractivity contribution in [2.75, 3.05) is 14.2 Å². The number of ether oxygens (including phenoxy) is 2. The van der Waals surface area contributed by atoms with Crippen molar-refractivity contribution in [1.82, 2.24) is 0 Å². The maximum atomic E-state index is 9.11. The van der Waals surface area contributed by atoms with Crippen LogP contribution in [0.5, 0.6) is 11.5 Å². The van der Waals surface area contributed by atoms with E-state index < -0.39 is 0 Å². The van der Waals surface area contributed by atoms with Crippen LogP contribution in [-0.4, -0.2) is 14.2 Å². The van der Waals surface area contributed by atoms with E-state index in [1.165, 1.54) is 0 Å². The van der Waals surface area contributed by atoms with Gasteiger partial charge >= 0.3 is 0 Å². The minimum absolute atomic E-state index is 0.732. The quantitative estimate of drug-likeness (QED) is 0.726. The molecule has 0 heterocycles. The first kappa shape index (κ1) is 16.7. The zero-order valence-electron chi connectivity index (χ0n) is 12.4. The van der Waals surface area contributed by atoms with Crippen molar-refractivity contribution in [2.45, 2.75) is 11.5 Å². The Hall–Kier alpha value is -1.64. The Morgan fingerprint density at radius 1 is 1.05 bits per heavy atom. The van der Waals surface area contributed by atoms with E-state index in [0.717, 1.165) is 44.2 Å². The van der Waals surface area contributed by atoms with E-state index in [-0.39, 0.29) is 0 Å². The highest BCUT2D eigenvalue weighted by Gasteiger charge is 2.10. The lowest BCUT2D eigenvalue weighted by Gasteiger charge is -2.12. The molecule has 0 fully saturated rings. The highest BCUT2D eigenvalue weighted by molar-refractivity contribution is 9.10. The molecule has 0 atom stereocenters. The lowest BCUT2D eigenvalue weighted by Crippen LogP contribution is -1.94. The molecular formula is C17H16BrNO2S. The van der Waals surface area contributed by atoms with E-state index in [2.05, 4.69) is 22.0 Å². The van der Waals surface area contributed by atoms with Gasteiger partial charge in [-0.3, -0.25) is 0 Å². The van der Waals surface area contributed by atoms with E-state index in [4.69, 9.17) is 14.7 Å². The van der Waals surface area contributed by atoms with Crippen LogP contribution in [0.15, 0.2) is 40.9 Å². The Bertz CT molecular complexity index is 698. The zero-order chi connectivity index (χ0) is 15.9. The molecule has 3 nitrogen and oxygen atoms in total. The predicted molar refractivity (Wildman–Crippen MR) is 93.4 cm³/mol. The summed E-state index contributed by atoms with van der Waals surface area (Å²) in [5, 5.41) is 9.11. The van der Waals surface area contributed by atoms with Crippen LogP contribution in [0.25, 0.3) is 0 Å². The molecule has 0 spiro atoms. The maximum absolute atomic E-state index is 9.11. The van der Waals surface area contributed by atoms with Gasteiger partial charge in [0.25, 0.3) is 0 Å². The Morgan fingerprint density at radius 2 is 1.73 bits per heavy atom. The average Bonchev–Trinajstić information content (AvgIpc) is 2.56. The molecule has 0 saturated heterocycles. The van der Waals surface area contributed by atoms with Gasteiger partial charge in [0.2, 0.25) is 0 Å². The topological polar surface area (TPSA) is 42.2 Å². The number of nitrogens with zero attached hydrogens (tertiary/aromatic N) is 1. The Balaban J connectivity index is 2.10. The molecule has 0 aromatic heterocycles. The molecule has 0 unspecified atom stereocenters. The van der Waals surface area contributed by atoms with Gasteiger partial charge in [-0.05, 0) is 39.7 Å². The molecule has 0 aliphatic carbocycles. The minimum atomic E-state index is 0.732. The highest BCUT2D eigenvalue weighted by atomic mass is 79.9. The fourth-order valence-electron chi connectivity index (χ4n) is 2.06. The molecule has 2 aromatic carbocycles. The van der Waals surface area contributed by atoms with Gasteiger partial charge in [-0.25, -0.2) is 0 Å². The van der Waals surface area contributed by atoms with Gasteiger partial charge in [0, 0.05) is 17.1 Å². The summed E-state index contributed by atoms with van der Waals surface area (Å²) in [6.07, 6.45) is 0. The van der Waals surface area contributed by atoms with Gasteiger partial charge in [0.05, 0.1) is 30.3 Å². The van der Waals surface area contributed by atoms with Crippen molar-refractivity contribution in [1.29, 1.82) is 5.26 Å². The summed E-state index contributed by atoms with van der Waals surface area (Å²) < 4.78 is 11.6. The Kier molecular flexibility index (Phi) is 6.17. The SMILES string of the molecule is COc1cc(CSCc2ccccc2C#N)c(OC)cc1Br. The predicted octanol–water partition coefficient (Wildman–Crippen LogP) is 4.77. The fourth-order valence-corrected chi connectivity index (χ4v) is 3.57. The van der Waals surface area contributed by atoms with Crippen molar-refractivity contribution in [3.8, 4) is 17.6 Å². The third-order valence-corrected chi connectivity index (χ3v) is 4.86. The molecule has 0 radical (unpaired) electrons. The monoisotopic (exact) mass is 377 g/mol. The van der Waals surface area contributed by atoms with Gasteiger partial charge in [-0.15, -0.1) is 0 Å². The Labute approximate surface area is 143 Å². The van der Waals surface area contributed by atoms with Crippen LogP contribution in [0.3, 0.4) is 0 Å². The number of halogens is 1. The van der Waals surface area contributed by atoms with Crippen LogP contribution >= 0.6 is 27.7 Å². The largest absolute Gasteiger partial charge is 0.496 e. The van der Waals surface area contributed by atoms with Crippen molar-refractivity contribution < 1.29 is 9.47 Å². The van der Waals surface area contributed by atoms with Gasteiger partial charge < -0.3 is 9.47 Å². The van der Waals surface area contributed by atoms with Crippen LogP contribution in [0.1, 0.15) is 16.7 Å². The summed E-state index contributed by atoms with van der Waals surface area (Å²) in [6, 6.07) is 13.8. The molecule has 2 rings (SSSR count). The molecular weight excluding hydrogens is 362 g/mol. The number of thioether (sulfide) groups is 1. The molecule has 0 N–H and O–H groups in total. The first-order valence-electron chi connectivity index (χ1n) is 6.65. The number of methoxy groups -OCH3 is 2. The van der Waals surface area contributed by atoms with Gasteiger partial charge in [-0.2, -0.15) is 17.0 Å². The number of hydrogen-bond acceptors (Lipinski definition) is 4. The van der Waals surface area contributed by atoms with E-state index in [1.807, 2.05) is 36.4 Å². The van der Waals surface area contributed by atoms with Crippen LogP contribution in [-0.2, 0) is 11.5 Å². The van der Waals surface area contributed by atoms with Crippen molar-refractivity contribution >= 4 is 27.7 Å². The molecule has 2 aromatic rings. The lowest BCUT2D eigenvalue weighted by atomic mass is 10.1. The van der Waals surface area contributed by atoms with Crippen LogP contribution < -0.4 is 9.47 Å². The van der Waals surface area contributed by atoms with E-state index in [1.54, 1.807) is 26.0 Å². The van der Waals surface area contributed by atoms with Crippen molar-refractivity contribution in [2.24, 2.45) is 0 Å². The third kappa shape index (κ3) is 3.96. The molecule has 5 heteroatoms. The smallest absolute Gasteiger partial charge is 0.133 e. The molecule has 0 aliphatic rings. The molecule has 0 amide bonds. The van der Waals surface area contributed by atoms with Gasteiger partial charge in [-0.1, -0.05) is 18.2 Å². The lowest BCUT2D eigenvalue weighted by molar-refractivity contribution is 0.398. The van der Waals surface area contributed by atoms with Gasteiger partial charge in [0.15, 0.2) is 0 Å². The summed E-state index contributed by atoms with van der Waals surface area (Å²) in [4.78, 5) is 0. The molecule has 114 valence electrons. The summed E-state index contributed by atoms with van der Waals surface area (Å²) in [5.74, 6) is 3.18. The first-order valence-corrected chi connectivity index (χ1v) is 8.60. The number of benzene rings is 2. The molecule has 22 heavy (non-hydrogen) atoms. The third-order valence-electron chi connectivity index (χ3n) is 3.21. The number of hydrogen-bond donors (Lipinski definition) is 0. The fraction of sp³-hybridized carbons (Fsp3) is 0.235. The molecule has 0 bridgehead atoms. The van der Waals surface area contributed by atoms with E-state index in [9.17, 15) is 0 Å². The second-order valence-electron chi connectivity index (χ2n) is 4.56. The first-order chi connectivity index (χ1) is 10.7. The zero-order valence-corrected chi connectivity index (χ0v) is 14.8. The number of rotatable bonds is 6. The van der Waals surface area contributed by atoms with E-state index in [0.29, 0.717) is 0 Å². The summed E-state index contributed by atoms with van der Waals surface area (Å²) in [7, 11) is 3.31. The van der Waals surface area contributed by atoms with Crippen LogP contribution in [0, 0.1) is 11.3 Å². The summed E-state index contributed by atoms with van der Waals surface area (Å²) in [5.41, 5.74) is 2.86. The summed E-state index contributed by atoms with van der Waals surface area (Å²) >= 11 is 5.20. The normalized spacial score (nSPS) is 10.1. The van der Waals surface area contributed by atoms with Crippen molar-refractivity contribution in [3.05, 3.63) is 57.6 Å². The number of nitriles is 1. The second kappa shape index (κ2) is 8.11. The standard InChI is InChI=1S/C17H16BrNO2S/c1-20-16-8-15(18)17(21-2)7-14(16)11-22-10-13-6-4-3-5-12(13)9-19/h3-8H,10-11H2,1-2H3. The van der Waals surface area contributed by atoms with Gasteiger partial charge in [0.1, 0.15) is 11.5 Å².